The molecule has 10 heteroatoms. The molecule has 204 valence electrons. The van der Waals surface area contributed by atoms with E-state index in [1.54, 1.807) is 4.90 Å². The Bertz CT molecular complexity index is 730. The molecule has 0 aromatic carbocycles. The molecular formula is C26H44N4O6. The van der Waals surface area contributed by atoms with Gasteiger partial charge in [0, 0.05) is 25.7 Å². The van der Waals surface area contributed by atoms with E-state index in [9.17, 15) is 19.2 Å². The predicted octanol–water partition coefficient (Wildman–Crippen LogP) is 2.25. The molecule has 2 atom stereocenters. The van der Waals surface area contributed by atoms with Crippen molar-refractivity contribution in [1.82, 2.24) is 20.9 Å². The van der Waals surface area contributed by atoms with Crippen LogP contribution in [0.25, 0.3) is 0 Å². The Morgan fingerprint density at radius 3 is 2.19 bits per heavy atom. The molecule has 3 fully saturated rings. The summed E-state index contributed by atoms with van der Waals surface area (Å²) >= 11 is 0. The van der Waals surface area contributed by atoms with Crippen molar-refractivity contribution in [2.75, 3.05) is 32.9 Å². The number of amides is 4. The number of nitrogens with zero attached hydrogens (tertiary/aromatic N) is 1. The van der Waals surface area contributed by atoms with Gasteiger partial charge in [-0.3, -0.25) is 14.4 Å². The quantitative estimate of drug-likeness (QED) is 0.223. The second-order valence-electron chi connectivity index (χ2n) is 10.2. The van der Waals surface area contributed by atoms with Crippen molar-refractivity contribution in [3.05, 3.63) is 0 Å². The molecule has 3 N–H and O–H groups in total. The van der Waals surface area contributed by atoms with Crippen LogP contribution in [0.1, 0.15) is 84.0 Å². The molecular weight excluding hydrogens is 464 g/mol. The average molecular weight is 509 g/mol. The Morgan fingerprint density at radius 1 is 0.917 bits per heavy atom. The minimum atomic E-state index is -1.38. The molecule has 1 heterocycles. The van der Waals surface area contributed by atoms with E-state index in [-0.39, 0.29) is 24.6 Å². The van der Waals surface area contributed by atoms with Crippen LogP contribution < -0.4 is 16.0 Å². The predicted molar refractivity (Wildman–Crippen MR) is 134 cm³/mol. The highest BCUT2D eigenvalue weighted by molar-refractivity contribution is 6.38. The van der Waals surface area contributed by atoms with Gasteiger partial charge in [-0.05, 0) is 38.0 Å². The third-order valence-electron chi connectivity index (χ3n) is 7.44. The molecule has 1 saturated heterocycles. The number of morpholine rings is 1. The van der Waals surface area contributed by atoms with Gasteiger partial charge in [0.1, 0.15) is 6.04 Å². The van der Waals surface area contributed by atoms with Crippen LogP contribution in [-0.2, 0) is 23.9 Å². The van der Waals surface area contributed by atoms with Crippen LogP contribution >= 0.6 is 0 Å². The van der Waals surface area contributed by atoms with E-state index < -0.39 is 29.9 Å². The zero-order valence-corrected chi connectivity index (χ0v) is 21.7. The Morgan fingerprint density at radius 2 is 1.56 bits per heavy atom. The van der Waals surface area contributed by atoms with Crippen molar-refractivity contribution >= 4 is 23.6 Å². The standard InChI is InChI=1S/C26H44N4O6/c1-2-3-16-36-25(22(31)24(33)27-20-12-8-5-9-13-20)29-23(32)21(19-10-6-4-7-11-19)28-26(34)30-14-17-35-18-15-30/h19-21,25H,2-18H2,1H3,(H,27,33)(H,28,34)(H,29,32). The molecule has 3 aliphatic rings. The summed E-state index contributed by atoms with van der Waals surface area (Å²) in [6.07, 6.45) is 9.78. The zero-order chi connectivity index (χ0) is 25.8. The van der Waals surface area contributed by atoms with Gasteiger partial charge < -0.3 is 30.3 Å². The summed E-state index contributed by atoms with van der Waals surface area (Å²) in [5.41, 5.74) is 0. The molecule has 2 saturated carbocycles. The van der Waals surface area contributed by atoms with Crippen molar-refractivity contribution in [2.45, 2.75) is 102 Å². The number of Topliss-reactive ketones (excluding diaryl/α,β-unsaturated/α-hetero) is 1. The third kappa shape index (κ3) is 8.73. The first-order chi connectivity index (χ1) is 17.5. The first-order valence-corrected chi connectivity index (χ1v) is 13.9. The third-order valence-corrected chi connectivity index (χ3v) is 7.44. The lowest BCUT2D eigenvalue weighted by atomic mass is 9.83. The molecule has 0 aromatic heterocycles. The van der Waals surface area contributed by atoms with E-state index in [2.05, 4.69) is 16.0 Å². The van der Waals surface area contributed by atoms with Crippen LogP contribution in [0.2, 0.25) is 0 Å². The van der Waals surface area contributed by atoms with Gasteiger partial charge in [-0.1, -0.05) is 51.9 Å². The lowest BCUT2D eigenvalue weighted by molar-refractivity contribution is -0.149. The molecule has 3 rings (SSSR count). The Kier molecular flexibility index (Phi) is 11.9. The maximum absolute atomic E-state index is 13.5. The molecule has 36 heavy (non-hydrogen) atoms. The summed E-state index contributed by atoms with van der Waals surface area (Å²) in [6, 6.07) is -1.13. The van der Waals surface area contributed by atoms with E-state index in [0.717, 1.165) is 70.6 Å². The smallest absolute Gasteiger partial charge is 0.318 e. The first kappa shape index (κ1) is 28.4. The highest BCUT2D eigenvalue weighted by atomic mass is 16.5. The van der Waals surface area contributed by atoms with Gasteiger partial charge in [-0.25, -0.2) is 4.79 Å². The molecule has 2 unspecified atom stereocenters. The number of carbonyl (C=O) groups is 4. The summed E-state index contributed by atoms with van der Waals surface area (Å²) in [4.78, 5) is 53.9. The fourth-order valence-corrected chi connectivity index (χ4v) is 5.23. The van der Waals surface area contributed by atoms with Gasteiger partial charge in [0.15, 0.2) is 6.23 Å². The number of ketones is 1. The summed E-state index contributed by atoms with van der Waals surface area (Å²) in [6.45, 7) is 4.10. The van der Waals surface area contributed by atoms with Crippen LogP contribution in [0, 0.1) is 5.92 Å². The molecule has 0 aromatic rings. The van der Waals surface area contributed by atoms with Gasteiger partial charge in [0.2, 0.25) is 5.91 Å². The molecule has 0 radical (unpaired) electrons. The molecule has 0 spiro atoms. The summed E-state index contributed by atoms with van der Waals surface area (Å²) in [5.74, 6) is -2.04. The number of urea groups is 1. The van der Waals surface area contributed by atoms with Crippen molar-refractivity contribution in [3.63, 3.8) is 0 Å². The van der Waals surface area contributed by atoms with Crippen LogP contribution in [0.15, 0.2) is 0 Å². The second-order valence-corrected chi connectivity index (χ2v) is 10.2. The van der Waals surface area contributed by atoms with E-state index in [1.807, 2.05) is 6.92 Å². The fraction of sp³-hybridized carbons (Fsp3) is 0.846. The second kappa shape index (κ2) is 15.1. The zero-order valence-electron chi connectivity index (χ0n) is 21.7. The number of hydrogen-bond donors (Lipinski definition) is 3. The Hall–Kier alpha value is -2.20. The number of ether oxygens (including phenoxy) is 2. The van der Waals surface area contributed by atoms with Crippen molar-refractivity contribution in [2.24, 2.45) is 5.92 Å². The van der Waals surface area contributed by atoms with Crippen molar-refractivity contribution in [3.8, 4) is 0 Å². The minimum Gasteiger partial charge on any atom is -0.378 e. The van der Waals surface area contributed by atoms with Crippen molar-refractivity contribution in [1.29, 1.82) is 0 Å². The largest absolute Gasteiger partial charge is 0.378 e. The fourth-order valence-electron chi connectivity index (χ4n) is 5.23. The maximum Gasteiger partial charge on any atom is 0.318 e. The van der Waals surface area contributed by atoms with E-state index in [4.69, 9.17) is 9.47 Å². The lowest BCUT2D eigenvalue weighted by Crippen LogP contribution is -2.59. The van der Waals surface area contributed by atoms with E-state index in [1.165, 1.54) is 0 Å². The highest BCUT2D eigenvalue weighted by Crippen LogP contribution is 2.27. The van der Waals surface area contributed by atoms with E-state index in [0.29, 0.717) is 32.7 Å². The molecule has 2 aliphatic carbocycles. The minimum absolute atomic E-state index is 0.0232. The number of hydrogen-bond acceptors (Lipinski definition) is 6. The summed E-state index contributed by atoms with van der Waals surface area (Å²) < 4.78 is 11.0. The topological polar surface area (TPSA) is 126 Å². The SMILES string of the molecule is CCCCOC(NC(=O)C(NC(=O)N1CCOCC1)C1CCCCC1)C(=O)C(=O)NC1CCCCC1. The van der Waals surface area contributed by atoms with Gasteiger partial charge in [-0.15, -0.1) is 0 Å². The summed E-state index contributed by atoms with van der Waals surface area (Å²) in [7, 11) is 0. The highest BCUT2D eigenvalue weighted by Gasteiger charge is 2.36. The van der Waals surface area contributed by atoms with Crippen LogP contribution in [0.5, 0.6) is 0 Å². The molecule has 1 aliphatic heterocycles. The van der Waals surface area contributed by atoms with Crippen LogP contribution in [0.4, 0.5) is 4.79 Å². The number of rotatable bonds is 11. The monoisotopic (exact) mass is 508 g/mol. The number of nitrogens with one attached hydrogen (secondary N) is 3. The van der Waals surface area contributed by atoms with Gasteiger partial charge >= 0.3 is 6.03 Å². The van der Waals surface area contributed by atoms with E-state index >= 15 is 0 Å². The number of carbonyl (C=O) groups excluding carboxylic acids is 4. The Labute approximate surface area is 214 Å². The number of unbranched alkanes of at least 4 members (excludes halogenated alkanes) is 1. The molecule has 4 amide bonds. The van der Waals surface area contributed by atoms with Crippen LogP contribution in [0.3, 0.4) is 0 Å². The van der Waals surface area contributed by atoms with Crippen molar-refractivity contribution < 1.29 is 28.7 Å². The van der Waals surface area contributed by atoms with Gasteiger partial charge in [-0.2, -0.15) is 0 Å². The van der Waals surface area contributed by atoms with Crippen LogP contribution in [-0.4, -0.2) is 79.8 Å². The summed E-state index contributed by atoms with van der Waals surface area (Å²) in [5, 5.41) is 8.41. The van der Waals surface area contributed by atoms with Gasteiger partial charge in [0.25, 0.3) is 11.7 Å². The molecule has 10 nitrogen and oxygen atoms in total. The van der Waals surface area contributed by atoms with Gasteiger partial charge in [0.05, 0.1) is 13.2 Å². The first-order valence-electron chi connectivity index (χ1n) is 13.9. The lowest BCUT2D eigenvalue weighted by Gasteiger charge is -2.34. The average Bonchev–Trinajstić information content (AvgIpc) is 2.92. The molecule has 0 bridgehead atoms. The normalized spacial score (nSPS) is 21.3. The maximum atomic E-state index is 13.5. The Balaban J connectivity index is 1.67.